The zero-order valence-corrected chi connectivity index (χ0v) is 30.5. The molecule has 2 aromatic rings. The zero-order chi connectivity index (χ0) is 33.0. The van der Waals surface area contributed by atoms with Crippen LogP contribution < -0.4 is 40.5 Å². The maximum absolute atomic E-state index is 11.6. The van der Waals surface area contributed by atoms with E-state index in [9.17, 15) is 9.59 Å². The molecule has 0 unspecified atom stereocenters. The Kier molecular flexibility index (Phi) is 20.8. The largest absolute Gasteiger partial charge is 1.00 e. The van der Waals surface area contributed by atoms with Crippen LogP contribution in [0.25, 0.3) is 0 Å². The Labute approximate surface area is 302 Å². The molecule has 0 radical (unpaired) electrons. The number of hydrogen-bond acceptors (Lipinski definition) is 10. The summed E-state index contributed by atoms with van der Waals surface area (Å²) in [5, 5.41) is 27.1. The third-order valence-electron chi connectivity index (χ3n) is 8.50. The SMILES string of the molecule is NCC1(CO)CC1.O=C(CCC1(CBr)CC1)OCc1ccccc1.O=C(CCC1(CO)CC1)OCc1ccccc1.O=CO[O-].[Na+]. The number of esters is 2. The van der Waals surface area contributed by atoms with Crippen molar-refractivity contribution in [3.63, 3.8) is 0 Å². The van der Waals surface area contributed by atoms with E-state index in [-0.39, 0.29) is 72.0 Å². The number of ether oxygens (including phenoxy) is 2. The number of carbonyl (C=O) groups excluding carboxylic acids is 3. The van der Waals surface area contributed by atoms with Crippen molar-refractivity contribution in [1.29, 1.82) is 0 Å². The molecule has 10 nitrogen and oxygen atoms in total. The predicted octanol–water partition coefficient (Wildman–Crippen LogP) is 1.12. The number of benzene rings is 2. The molecule has 5 rings (SSSR count). The van der Waals surface area contributed by atoms with Gasteiger partial charge >= 0.3 is 41.5 Å². The van der Waals surface area contributed by atoms with Crippen LogP contribution in [0.2, 0.25) is 0 Å². The fourth-order valence-electron chi connectivity index (χ4n) is 4.25. The average molecular weight is 717 g/mol. The summed E-state index contributed by atoms with van der Waals surface area (Å²) >= 11 is 3.51. The number of aliphatic hydroxyl groups excluding tert-OH is 2. The molecule has 12 heteroatoms. The second-order valence-electron chi connectivity index (χ2n) is 12.1. The standard InChI is InChI=1S/C14H17BrO2.C14H18O3.C5H11NO.CH2O3.Na/c2*15-11-14(8-9-14)7-6-13(16)17-10-12-4-2-1-3-5-12;6-3-5(4-7)1-2-5;2-1-4-3;/h1-5H,6-11H2;1-5,15H,6-11H2;7H,1-4,6H2;1,3H;/q;;;;+1/p-1. The third kappa shape index (κ3) is 17.4. The maximum atomic E-state index is 11.6. The number of hydrogen-bond donors (Lipinski definition) is 3. The van der Waals surface area contributed by atoms with Crippen LogP contribution >= 0.6 is 15.9 Å². The van der Waals surface area contributed by atoms with Crippen molar-refractivity contribution in [3.05, 3.63) is 71.8 Å². The molecular weight excluding hydrogens is 669 g/mol. The Morgan fingerprint density at radius 3 is 1.39 bits per heavy atom. The minimum atomic E-state index is -0.181. The molecule has 0 aliphatic heterocycles. The molecule has 3 aliphatic rings. The van der Waals surface area contributed by atoms with Crippen LogP contribution in [0.5, 0.6) is 0 Å². The number of carbonyl (C=O) groups is 3. The van der Waals surface area contributed by atoms with Gasteiger partial charge in [-0.25, -0.2) is 0 Å². The van der Waals surface area contributed by atoms with Gasteiger partial charge in [0.15, 0.2) is 0 Å². The summed E-state index contributed by atoms with van der Waals surface area (Å²) in [4.78, 5) is 34.3. The van der Waals surface area contributed by atoms with Gasteiger partial charge in [0.2, 0.25) is 0 Å². The number of nitrogens with two attached hydrogens (primary N) is 1. The summed E-state index contributed by atoms with van der Waals surface area (Å²) in [5.74, 6) is -0.255. The maximum Gasteiger partial charge on any atom is 1.00 e. The first kappa shape index (κ1) is 42.2. The Morgan fingerprint density at radius 1 is 0.761 bits per heavy atom. The molecule has 4 N–H and O–H groups in total. The summed E-state index contributed by atoms with van der Waals surface area (Å²) < 4.78 is 10.4. The first-order valence-corrected chi connectivity index (χ1v) is 16.4. The van der Waals surface area contributed by atoms with E-state index >= 15 is 0 Å². The average Bonchev–Trinajstić information content (AvgIpc) is 4.00. The summed E-state index contributed by atoms with van der Waals surface area (Å²) in [6.07, 6.45) is 9.45. The third-order valence-corrected chi connectivity index (χ3v) is 9.69. The summed E-state index contributed by atoms with van der Waals surface area (Å²) in [6, 6.07) is 19.4. The van der Waals surface area contributed by atoms with Crippen LogP contribution in [-0.2, 0) is 42.0 Å². The molecule has 0 aromatic heterocycles. The number of rotatable bonds is 15. The van der Waals surface area contributed by atoms with E-state index < -0.39 is 0 Å². The number of alkyl halides is 1. The van der Waals surface area contributed by atoms with Crippen molar-refractivity contribution in [2.75, 3.05) is 25.1 Å². The number of halogens is 1. The van der Waals surface area contributed by atoms with E-state index in [4.69, 9.17) is 35.5 Å². The van der Waals surface area contributed by atoms with E-state index in [1.165, 1.54) is 12.8 Å². The molecule has 0 spiro atoms. The van der Waals surface area contributed by atoms with Crippen LogP contribution in [0, 0.1) is 16.2 Å². The molecule has 0 heterocycles. The topological polar surface area (TPSA) is 168 Å². The van der Waals surface area contributed by atoms with Crippen LogP contribution in [0.15, 0.2) is 60.7 Å². The first-order chi connectivity index (χ1) is 21.7. The van der Waals surface area contributed by atoms with Gasteiger partial charge in [-0.15, -0.1) is 0 Å². The smallest absolute Gasteiger partial charge is 0.662 e. The van der Waals surface area contributed by atoms with Crippen LogP contribution in [-0.4, -0.2) is 53.7 Å². The fraction of sp³-hybridized carbons (Fsp3) is 0.559. The molecule has 3 aliphatic carbocycles. The van der Waals surface area contributed by atoms with E-state index in [1.54, 1.807) is 0 Å². The molecule has 3 saturated carbocycles. The predicted molar refractivity (Wildman–Crippen MR) is 170 cm³/mol. The molecular formula is C34H47BrNNaO9. The van der Waals surface area contributed by atoms with Gasteiger partial charge in [-0.2, -0.15) is 0 Å². The Morgan fingerprint density at radius 2 is 1.13 bits per heavy atom. The molecule has 2 aromatic carbocycles. The molecule has 0 amide bonds. The number of aliphatic hydroxyl groups is 2. The summed E-state index contributed by atoms with van der Waals surface area (Å²) in [6.45, 7) is 1.68. The van der Waals surface area contributed by atoms with Crippen molar-refractivity contribution >= 4 is 34.3 Å². The van der Waals surface area contributed by atoms with E-state index in [0.29, 0.717) is 38.0 Å². The van der Waals surface area contributed by atoms with Gasteiger partial charge in [-0.1, -0.05) is 76.6 Å². The van der Waals surface area contributed by atoms with Crippen molar-refractivity contribution in [3.8, 4) is 0 Å². The van der Waals surface area contributed by atoms with Crippen molar-refractivity contribution < 1.29 is 73.8 Å². The van der Waals surface area contributed by atoms with Crippen molar-refractivity contribution in [2.45, 2.75) is 77.4 Å². The van der Waals surface area contributed by atoms with Gasteiger partial charge in [0.05, 0.1) is 0 Å². The van der Waals surface area contributed by atoms with Gasteiger partial charge in [0.25, 0.3) is 6.47 Å². The van der Waals surface area contributed by atoms with Gasteiger partial charge < -0.3 is 35.6 Å². The van der Waals surface area contributed by atoms with E-state index in [1.807, 2.05) is 60.7 Å². The monoisotopic (exact) mass is 715 g/mol. The second kappa shape index (κ2) is 22.7. The second-order valence-corrected chi connectivity index (χ2v) is 12.7. The van der Waals surface area contributed by atoms with E-state index in [0.717, 1.165) is 55.0 Å². The van der Waals surface area contributed by atoms with E-state index in [2.05, 4.69) is 20.8 Å². The van der Waals surface area contributed by atoms with Crippen LogP contribution in [0.3, 0.4) is 0 Å². The van der Waals surface area contributed by atoms with Crippen molar-refractivity contribution in [1.82, 2.24) is 0 Å². The zero-order valence-electron chi connectivity index (χ0n) is 26.9. The summed E-state index contributed by atoms with van der Waals surface area (Å²) in [7, 11) is 0. The fourth-order valence-corrected chi connectivity index (χ4v) is 5.09. The van der Waals surface area contributed by atoms with Gasteiger partial charge in [-0.3, -0.25) is 14.4 Å². The van der Waals surface area contributed by atoms with Crippen LogP contribution in [0.4, 0.5) is 0 Å². The minimum absolute atomic E-state index is 0. The first-order valence-electron chi connectivity index (χ1n) is 15.3. The van der Waals surface area contributed by atoms with Gasteiger partial charge in [0.1, 0.15) is 13.2 Å². The molecule has 0 atom stereocenters. The van der Waals surface area contributed by atoms with Crippen LogP contribution in [0.1, 0.15) is 75.3 Å². The molecule has 0 bridgehead atoms. The van der Waals surface area contributed by atoms with Gasteiger partial charge in [-0.05, 0) is 73.3 Å². The van der Waals surface area contributed by atoms with Crippen molar-refractivity contribution in [2.24, 2.45) is 22.0 Å². The Hall–Kier alpha value is -1.83. The molecule has 3 fully saturated rings. The molecule has 0 saturated heterocycles. The molecule has 46 heavy (non-hydrogen) atoms. The Bertz CT molecular complexity index is 1050. The summed E-state index contributed by atoms with van der Waals surface area (Å²) in [5.41, 5.74) is 7.96. The Balaban J connectivity index is 0.000000343. The quantitative estimate of drug-likeness (QED) is 0.0607. The minimum Gasteiger partial charge on any atom is -0.662 e. The van der Waals surface area contributed by atoms with Gasteiger partial charge in [0, 0.05) is 43.3 Å². The normalized spacial score (nSPS) is 16.5. The molecule has 250 valence electrons.